The molecule has 1 unspecified atom stereocenters. The van der Waals surface area contributed by atoms with Crippen LogP contribution >= 0.6 is 0 Å². The largest absolute Gasteiger partial charge is 0.482 e. The highest BCUT2D eigenvalue weighted by Gasteiger charge is 2.08. The first-order valence-electron chi connectivity index (χ1n) is 5.56. The van der Waals surface area contributed by atoms with E-state index in [9.17, 15) is 4.79 Å². The fourth-order valence-electron chi connectivity index (χ4n) is 1.47. The van der Waals surface area contributed by atoms with Crippen LogP contribution in [0.1, 0.15) is 25.8 Å². The first-order valence-corrected chi connectivity index (χ1v) is 5.56. The molecule has 0 saturated heterocycles. The Labute approximate surface area is 96.1 Å². The quantitative estimate of drug-likeness (QED) is 0.805. The molecule has 0 heterocycles. The van der Waals surface area contributed by atoms with Crippen molar-refractivity contribution >= 4 is 5.97 Å². The van der Waals surface area contributed by atoms with Gasteiger partial charge in [-0.3, -0.25) is 0 Å². The third-order valence-electron chi connectivity index (χ3n) is 2.59. The molecule has 88 valence electrons. The number of rotatable bonds is 6. The summed E-state index contributed by atoms with van der Waals surface area (Å²) in [5, 5.41) is 8.57. The van der Waals surface area contributed by atoms with Crippen molar-refractivity contribution < 1.29 is 14.6 Å². The van der Waals surface area contributed by atoms with Crippen LogP contribution in [0.25, 0.3) is 0 Å². The Morgan fingerprint density at radius 3 is 2.75 bits per heavy atom. The Balaban J connectivity index is 2.71. The second-order valence-corrected chi connectivity index (χ2v) is 4.01. The number of carbonyl (C=O) groups is 1. The molecule has 0 fully saturated rings. The van der Waals surface area contributed by atoms with Gasteiger partial charge in [0.15, 0.2) is 6.61 Å². The van der Waals surface area contributed by atoms with E-state index in [0.29, 0.717) is 11.7 Å². The molecular formula is C13H18O3. The molecule has 0 aliphatic heterocycles. The zero-order valence-corrected chi connectivity index (χ0v) is 9.77. The molecule has 0 aromatic heterocycles. The predicted octanol–water partition coefficient (Wildman–Crippen LogP) is 2.74. The molecule has 1 aromatic carbocycles. The highest BCUT2D eigenvalue weighted by atomic mass is 16.5. The van der Waals surface area contributed by atoms with Gasteiger partial charge in [-0.2, -0.15) is 0 Å². The summed E-state index contributed by atoms with van der Waals surface area (Å²) in [6.45, 7) is 4.04. The SMILES string of the molecule is CCC(C)Cc1ccccc1OCC(=O)O. The third kappa shape index (κ3) is 3.93. The standard InChI is InChI=1S/C13H18O3/c1-3-10(2)8-11-6-4-5-7-12(11)16-9-13(14)15/h4-7,10H,3,8-9H2,1-2H3,(H,14,15). The highest BCUT2D eigenvalue weighted by molar-refractivity contribution is 5.68. The monoisotopic (exact) mass is 222 g/mol. The Morgan fingerprint density at radius 2 is 2.12 bits per heavy atom. The summed E-state index contributed by atoms with van der Waals surface area (Å²) in [4.78, 5) is 10.4. The maximum absolute atomic E-state index is 10.4. The summed E-state index contributed by atoms with van der Waals surface area (Å²) < 4.78 is 5.24. The van der Waals surface area contributed by atoms with Crippen molar-refractivity contribution in [2.24, 2.45) is 5.92 Å². The molecule has 3 nitrogen and oxygen atoms in total. The maximum atomic E-state index is 10.4. The van der Waals surface area contributed by atoms with E-state index >= 15 is 0 Å². The predicted molar refractivity (Wildman–Crippen MR) is 62.7 cm³/mol. The summed E-state index contributed by atoms with van der Waals surface area (Å²) in [5.74, 6) is 0.318. The van der Waals surface area contributed by atoms with E-state index in [1.54, 1.807) is 0 Å². The van der Waals surface area contributed by atoms with Gasteiger partial charge in [0.1, 0.15) is 5.75 Å². The van der Waals surface area contributed by atoms with E-state index in [-0.39, 0.29) is 6.61 Å². The maximum Gasteiger partial charge on any atom is 0.341 e. The zero-order valence-electron chi connectivity index (χ0n) is 9.77. The fourth-order valence-corrected chi connectivity index (χ4v) is 1.47. The van der Waals surface area contributed by atoms with Crippen LogP contribution in [0.5, 0.6) is 5.75 Å². The van der Waals surface area contributed by atoms with Gasteiger partial charge in [0.05, 0.1) is 0 Å². The van der Waals surface area contributed by atoms with E-state index in [0.717, 1.165) is 18.4 Å². The minimum absolute atomic E-state index is 0.280. The molecule has 1 N–H and O–H groups in total. The van der Waals surface area contributed by atoms with Gasteiger partial charge >= 0.3 is 5.97 Å². The fraction of sp³-hybridized carbons (Fsp3) is 0.462. The zero-order chi connectivity index (χ0) is 12.0. The molecule has 0 bridgehead atoms. The summed E-state index contributed by atoms with van der Waals surface area (Å²) >= 11 is 0. The van der Waals surface area contributed by atoms with Crippen LogP contribution in [0.3, 0.4) is 0 Å². The summed E-state index contributed by atoms with van der Waals surface area (Å²) in [6.07, 6.45) is 2.03. The van der Waals surface area contributed by atoms with Gasteiger partial charge in [0.2, 0.25) is 0 Å². The molecule has 0 spiro atoms. The van der Waals surface area contributed by atoms with Crippen molar-refractivity contribution in [3.63, 3.8) is 0 Å². The van der Waals surface area contributed by atoms with Crippen LogP contribution in [-0.2, 0) is 11.2 Å². The number of hydrogen-bond donors (Lipinski definition) is 1. The smallest absolute Gasteiger partial charge is 0.341 e. The van der Waals surface area contributed by atoms with Gasteiger partial charge in [-0.05, 0) is 24.0 Å². The van der Waals surface area contributed by atoms with Gasteiger partial charge in [0, 0.05) is 0 Å². The number of carboxylic acids is 1. The molecule has 0 saturated carbocycles. The molecule has 0 amide bonds. The first-order chi connectivity index (χ1) is 7.63. The molecule has 0 aliphatic rings. The lowest BCUT2D eigenvalue weighted by Crippen LogP contribution is -2.11. The van der Waals surface area contributed by atoms with Crippen LogP contribution in [0, 0.1) is 5.92 Å². The lowest BCUT2D eigenvalue weighted by Gasteiger charge is -2.13. The van der Waals surface area contributed by atoms with Gasteiger partial charge in [-0.25, -0.2) is 4.79 Å². The molecule has 1 rings (SSSR count). The van der Waals surface area contributed by atoms with Gasteiger partial charge in [0.25, 0.3) is 0 Å². The topological polar surface area (TPSA) is 46.5 Å². The Bertz CT molecular complexity index is 347. The van der Waals surface area contributed by atoms with E-state index in [4.69, 9.17) is 9.84 Å². The Hall–Kier alpha value is -1.51. The number of benzene rings is 1. The van der Waals surface area contributed by atoms with E-state index < -0.39 is 5.97 Å². The van der Waals surface area contributed by atoms with Crippen LogP contribution in [0.4, 0.5) is 0 Å². The van der Waals surface area contributed by atoms with Crippen molar-refractivity contribution in [2.45, 2.75) is 26.7 Å². The van der Waals surface area contributed by atoms with Crippen molar-refractivity contribution in [1.82, 2.24) is 0 Å². The average molecular weight is 222 g/mol. The molecule has 16 heavy (non-hydrogen) atoms. The number of ether oxygens (including phenoxy) is 1. The lowest BCUT2D eigenvalue weighted by molar-refractivity contribution is -0.139. The third-order valence-corrected chi connectivity index (χ3v) is 2.59. The molecule has 1 atom stereocenters. The molecular weight excluding hydrogens is 204 g/mol. The normalized spacial score (nSPS) is 12.1. The highest BCUT2D eigenvalue weighted by Crippen LogP contribution is 2.22. The second-order valence-electron chi connectivity index (χ2n) is 4.01. The first kappa shape index (κ1) is 12.6. The molecule has 0 aliphatic carbocycles. The summed E-state index contributed by atoms with van der Waals surface area (Å²) in [5.41, 5.74) is 1.08. The van der Waals surface area contributed by atoms with E-state index in [2.05, 4.69) is 13.8 Å². The van der Waals surface area contributed by atoms with Gasteiger partial charge in [-0.15, -0.1) is 0 Å². The summed E-state index contributed by atoms with van der Waals surface area (Å²) in [7, 11) is 0. The van der Waals surface area contributed by atoms with Crippen LogP contribution in [-0.4, -0.2) is 17.7 Å². The van der Waals surface area contributed by atoms with E-state index in [1.807, 2.05) is 24.3 Å². The van der Waals surface area contributed by atoms with Gasteiger partial charge in [-0.1, -0.05) is 38.5 Å². The minimum atomic E-state index is -0.946. The van der Waals surface area contributed by atoms with Crippen molar-refractivity contribution in [3.05, 3.63) is 29.8 Å². The van der Waals surface area contributed by atoms with Gasteiger partial charge < -0.3 is 9.84 Å². The average Bonchev–Trinajstić information content (AvgIpc) is 2.27. The molecule has 3 heteroatoms. The van der Waals surface area contributed by atoms with Crippen LogP contribution in [0.2, 0.25) is 0 Å². The minimum Gasteiger partial charge on any atom is -0.482 e. The number of para-hydroxylation sites is 1. The number of hydrogen-bond acceptors (Lipinski definition) is 2. The lowest BCUT2D eigenvalue weighted by atomic mass is 9.98. The van der Waals surface area contributed by atoms with E-state index in [1.165, 1.54) is 0 Å². The Morgan fingerprint density at radius 1 is 1.44 bits per heavy atom. The van der Waals surface area contributed by atoms with Crippen LogP contribution in [0.15, 0.2) is 24.3 Å². The van der Waals surface area contributed by atoms with Crippen molar-refractivity contribution in [2.75, 3.05) is 6.61 Å². The summed E-state index contributed by atoms with van der Waals surface area (Å²) in [6, 6.07) is 7.62. The van der Waals surface area contributed by atoms with Crippen molar-refractivity contribution in [3.8, 4) is 5.75 Å². The van der Waals surface area contributed by atoms with Crippen LogP contribution < -0.4 is 4.74 Å². The number of carboxylic acid groups (broad SMARTS) is 1. The molecule has 1 aromatic rings. The molecule has 0 radical (unpaired) electrons. The van der Waals surface area contributed by atoms with Crippen molar-refractivity contribution in [1.29, 1.82) is 0 Å². The Kier molecular flexibility index (Phi) is 4.83. The second kappa shape index (κ2) is 6.16. The number of aliphatic carboxylic acids is 1.